The third kappa shape index (κ3) is 5.90. The molecule has 164 valence electrons. The van der Waals surface area contributed by atoms with Crippen molar-refractivity contribution in [3.63, 3.8) is 0 Å². The van der Waals surface area contributed by atoms with Crippen molar-refractivity contribution >= 4 is 29.1 Å². The fraction of sp³-hybridized carbons (Fsp3) is 0.417. The van der Waals surface area contributed by atoms with E-state index in [1.165, 1.54) is 6.08 Å². The van der Waals surface area contributed by atoms with Gasteiger partial charge in [-0.25, -0.2) is 4.98 Å². The predicted octanol–water partition coefficient (Wildman–Crippen LogP) is 3.95. The van der Waals surface area contributed by atoms with Gasteiger partial charge in [0.25, 0.3) is 0 Å². The summed E-state index contributed by atoms with van der Waals surface area (Å²) in [6.45, 7) is 10.9. The summed E-state index contributed by atoms with van der Waals surface area (Å²) in [5, 5.41) is 6.75. The molecule has 3 rings (SSSR count). The van der Waals surface area contributed by atoms with Gasteiger partial charge in [0.15, 0.2) is 5.78 Å². The number of nitrogens with zero attached hydrogens (tertiary/aromatic N) is 3. The highest BCUT2D eigenvalue weighted by Gasteiger charge is 2.23. The zero-order valence-electron chi connectivity index (χ0n) is 18.6. The van der Waals surface area contributed by atoms with Gasteiger partial charge in [-0.05, 0) is 44.4 Å². The van der Waals surface area contributed by atoms with E-state index in [1.807, 2.05) is 43.9 Å². The van der Waals surface area contributed by atoms with E-state index in [-0.39, 0.29) is 24.2 Å². The molecule has 1 atom stereocenters. The number of carbonyl (C=O) groups is 2. The summed E-state index contributed by atoms with van der Waals surface area (Å²) < 4.78 is 0. The van der Waals surface area contributed by atoms with Crippen LogP contribution >= 0.6 is 0 Å². The number of nitrogens with one attached hydrogen (secondary N) is 2. The first-order valence-corrected chi connectivity index (χ1v) is 10.8. The Hall–Kier alpha value is -3.22. The monoisotopic (exact) mass is 421 g/mol. The maximum Gasteiger partial charge on any atom is 0.224 e. The molecule has 31 heavy (non-hydrogen) atoms. The fourth-order valence-corrected chi connectivity index (χ4v) is 3.74. The van der Waals surface area contributed by atoms with Gasteiger partial charge < -0.3 is 15.5 Å². The summed E-state index contributed by atoms with van der Waals surface area (Å²) in [4.78, 5) is 35.0. The van der Waals surface area contributed by atoms with Crippen LogP contribution in [0.2, 0.25) is 0 Å². The van der Waals surface area contributed by atoms with E-state index < -0.39 is 0 Å². The number of benzene rings is 1. The standard InChI is InChI=1S/C24H31N5O2/c1-5-20(30)13-18-12-16(3)9-10-21(18)27-23-17(4)14-25-24(28-23)26-19-8-7-11-29(15-19)22(31)6-2/h5,9-10,12,14,19H,1,6-8,11,13,15H2,2-4H3,(H2,25,26,27,28)/t19-/m0/s1. The van der Waals surface area contributed by atoms with Crippen LogP contribution in [-0.4, -0.2) is 45.7 Å². The molecule has 0 radical (unpaired) electrons. The number of anilines is 3. The number of likely N-dealkylation sites (tertiary alicyclic amines) is 1. The van der Waals surface area contributed by atoms with Crippen molar-refractivity contribution in [2.24, 2.45) is 0 Å². The van der Waals surface area contributed by atoms with Crippen molar-refractivity contribution in [2.75, 3.05) is 23.7 Å². The summed E-state index contributed by atoms with van der Waals surface area (Å²) in [7, 11) is 0. The van der Waals surface area contributed by atoms with Crippen LogP contribution < -0.4 is 10.6 Å². The minimum absolute atomic E-state index is 0.0288. The molecule has 2 heterocycles. The Kier molecular flexibility index (Phi) is 7.39. The molecule has 0 bridgehead atoms. The number of aromatic nitrogens is 2. The van der Waals surface area contributed by atoms with E-state index >= 15 is 0 Å². The second-order valence-electron chi connectivity index (χ2n) is 8.03. The van der Waals surface area contributed by atoms with Gasteiger partial charge in [-0.3, -0.25) is 9.59 Å². The molecule has 1 aromatic carbocycles. The lowest BCUT2D eigenvalue weighted by molar-refractivity contribution is -0.131. The molecule has 1 amide bonds. The number of rotatable bonds is 8. The quantitative estimate of drug-likeness (QED) is 0.628. The molecule has 7 nitrogen and oxygen atoms in total. The third-order valence-corrected chi connectivity index (χ3v) is 5.49. The van der Waals surface area contributed by atoms with E-state index in [2.05, 4.69) is 27.2 Å². The number of ketones is 1. The van der Waals surface area contributed by atoms with Crippen molar-refractivity contribution in [3.8, 4) is 0 Å². The molecule has 1 aliphatic rings. The van der Waals surface area contributed by atoms with Crippen LogP contribution in [0, 0.1) is 13.8 Å². The number of hydrogen-bond acceptors (Lipinski definition) is 6. The van der Waals surface area contributed by atoms with E-state index in [4.69, 9.17) is 0 Å². The zero-order chi connectivity index (χ0) is 22.4. The van der Waals surface area contributed by atoms with Crippen LogP contribution in [0.15, 0.2) is 37.1 Å². The average Bonchev–Trinajstić information content (AvgIpc) is 2.77. The lowest BCUT2D eigenvalue weighted by atomic mass is 10.0. The Morgan fingerprint density at radius 2 is 2.13 bits per heavy atom. The van der Waals surface area contributed by atoms with Crippen molar-refractivity contribution in [3.05, 3.63) is 53.7 Å². The first-order valence-electron chi connectivity index (χ1n) is 10.8. The van der Waals surface area contributed by atoms with Gasteiger partial charge in [0.1, 0.15) is 5.82 Å². The molecule has 0 spiro atoms. The molecule has 1 fully saturated rings. The van der Waals surface area contributed by atoms with Crippen LogP contribution in [0.3, 0.4) is 0 Å². The third-order valence-electron chi connectivity index (χ3n) is 5.49. The second-order valence-corrected chi connectivity index (χ2v) is 8.03. The number of amides is 1. The highest BCUT2D eigenvalue weighted by atomic mass is 16.2. The van der Waals surface area contributed by atoms with Gasteiger partial charge in [-0.15, -0.1) is 0 Å². The molecule has 0 saturated carbocycles. The molecule has 0 unspecified atom stereocenters. The SMILES string of the molecule is C=CC(=O)Cc1cc(C)ccc1Nc1nc(N[C@H]2CCCN(C(=O)CC)C2)ncc1C. The van der Waals surface area contributed by atoms with Crippen LogP contribution in [0.25, 0.3) is 0 Å². The number of allylic oxidation sites excluding steroid dienone is 1. The number of carbonyl (C=O) groups excluding carboxylic acids is 2. The van der Waals surface area contributed by atoms with Crippen LogP contribution in [0.4, 0.5) is 17.5 Å². The summed E-state index contributed by atoms with van der Waals surface area (Å²) in [5.74, 6) is 1.37. The van der Waals surface area contributed by atoms with Gasteiger partial charge in [0.05, 0.1) is 0 Å². The summed E-state index contributed by atoms with van der Waals surface area (Å²) >= 11 is 0. The minimum Gasteiger partial charge on any atom is -0.350 e. The Morgan fingerprint density at radius 1 is 1.32 bits per heavy atom. The Bertz CT molecular complexity index is 972. The second kappa shape index (κ2) is 10.2. The molecular formula is C24H31N5O2. The van der Waals surface area contributed by atoms with Gasteiger partial charge in [0.2, 0.25) is 11.9 Å². The lowest BCUT2D eigenvalue weighted by Gasteiger charge is -2.33. The number of aryl methyl sites for hydroxylation is 2. The predicted molar refractivity (Wildman–Crippen MR) is 124 cm³/mol. The first kappa shape index (κ1) is 22.5. The zero-order valence-corrected chi connectivity index (χ0v) is 18.6. The van der Waals surface area contributed by atoms with Crippen LogP contribution in [-0.2, 0) is 16.0 Å². The number of hydrogen-bond donors (Lipinski definition) is 2. The summed E-state index contributed by atoms with van der Waals surface area (Å²) in [5.41, 5.74) is 3.73. The van der Waals surface area contributed by atoms with Gasteiger partial charge in [0, 0.05) is 49.4 Å². The molecule has 7 heteroatoms. The highest BCUT2D eigenvalue weighted by molar-refractivity contribution is 5.92. The largest absolute Gasteiger partial charge is 0.350 e. The van der Waals surface area contributed by atoms with E-state index in [9.17, 15) is 9.59 Å². The van der Waals surface area contributed by atoms with Gasteiger partial charge in [-0.1, -0.05) is 31.2 Å². The normalized spacial score (nSPS) is 16.0. The molecule has 2 aromatic rings. The first-order chi connectivity index (χ1) is 14.9. The average molecular weight is 422 g/mol. The summed E-state index contributed by atoms with van der Waals surface area (Å²) in [6.07, 6.45) is 5.86. The van der Waals surface area contributed by atoms with Gasteiger partial charge in [-0.2, -0.15) is 4.98 Å². The topological polar surface area (TPSA) is 87.2 Å². The maximum atomic E-state index is 12.0. The van der Waals surface area contributed by atoms with Crippen molar-refractivity contribution in [1.82, 2.24) is 14.9 Å². The van der Waals surface area contributed by atoms with Crippen molar-refractivity contribution in [2.45, 2.75) is 52.5 Å². The van der Waals surface area contributed by atoms with E-state index in [0.717, 1.165) is 41.8 Å². The molecule has 0 aliphatic carbocycles. The smallest absolute Gasteiger partial charge is 0.224 e. The minimum atomic E-state index is -0.0288. The van der Waals surface area contributed by atoms with Crippen molar-refractivity contribution < 1.29 is 9.59 Å². The molecule has 1 aliphatic heterocycles. The molecular weight excluding hydrogens is 390 g/mol. The van der Waals surface area contributed by atoms with Gasteiger partial charge >= 0.3 is 0 Å². The van der Waals surface area contributed by atoms with Crippen LogP contribution in [0.1, 0.15) is 42.9 Å². The molecule has 1 saturated heterocycles. The molecule has 1 aromatic heterocycles. The Morgan fingerprint density at radius 3 is 2.87 bits per heavy atom. The molecule has 2 N–H and O–H groups in total. The Labute approximate surface area is 184 Å². The number of piperidine rings is 1. The Balaban J connectivity index is 1.77. The van der Waals surface area contributed by atoms with Crippen LogP contribution in [0.5, 0.6) is 0 Å². The van der Waals surface area contributed by atoms with E-state index in [0.29, 0.717) is 24.7 Å². The maximum absolute atomic E-state index is 12.0. The summed E-state index contributed by atoms with van der Waals surface area (Å²) in [6, 6.07) is 6.09. The highest BCUT2D eigenvalue weighted by Crippen LogP contribution is 2.25. The van der Waals surface area contributed by atoms with Crippen molar-refractivity contribution in [1.29, 1.82) is 0 Å². The fourth-order valence-electron chi connectivity index (χ4n) is 3.74. The lowest BCUT2D eigenvalue weighted by Crippen LogP contribution is -2.45. The van der Waals surface area contributed by atoms with E-state index in [1.54, 1.807) is 6.20 Å².